The molecule has 0 bridgehead atoms. The lowest BCUT2D eigenvalue weighted by molar-refractivity contribution is -0.119. The van der Waals surface area contributed by atoms with E-state index in [1.807, 2.05) is 56.3 Å². The lowest BCUT2D eigenvalue weighted by Crippen LogP contribution is -2.34. The monoisotopic (exact) mass is 362 g/mol. The van der Waals surface area contributed by atoms with Crippen LogP contribution < -0.4 is 11.1 Å². The summed E-state index contributed by atoms with van der Waals surface area (Å²) in [5, 5.41) is 2.91. The van der Waals surface area contributed by atoms with Crippen LogP contribution in [-0.2, 0) is 22.6 Å². The van der Waals surface area contributed by atoms with E-state index in [1.165, 1.54) is 5.56 Å². The van der Waals surface area contributed by atoms with E-state index >= 15 is 0 Å². The number of anilines is 1. The summed E-state index contributed by atoms with van der Waals surface area (Å²) in [7, 11) is 0. The highest BCUT2D eigenvalue weighted by Gasteiger charge is 2.16. The number of nitrogens with one attached hydrogen (secondary N) is 1. The van der Waals surface area contributed by atoms with Gasteiger partial charge in [-0.1, -0.05) is 49.4 Å². The van der Waals surface area contributed by atoms with Gasteiger partial charge in [-0.3, -0.25) is 4.79 Å². The summed E-state index contributed by atoms with van der Waals surface area (Å²) in [6.45, 7) is 4.86. The molecular weight excluding hydrogens is 336 g/mol. The van der Waals surface area contributed by atoms with Crippen molar-refractivity contribution in [3.8, 4) is 0 Å². The topological polar surface area (TPSA) is 64.4 Å². The first-order chi connectivity index (χ1) is 11.6. The molecule has 1 amide bonds. The number of benzene rings is 2. The molecule has 0 aliphatic carbocycles. The maximum Gasteiger partial charge on any atom is 0.228 e. The van der Waals surface area contributed by atoms with Gasteiger partial charge in [0.2, 0.25) is 5.91 Å². The first kappa shape index (κ1) is 21.2. The number of carbonyl (C=O) groups excluding carboxylic acids is 1. The highest BCUT2D eigenvalue weighted by atomic mass is 35.5. The number of ether oxygens (including phenoxy) is 1. The number of amides is 1. The zero-order valence-electron chi connectivity index (χ0n) is 14.8. The first-order valence-electron chi connectivity index (χ1n) is 8.33. The third kappa shape index (κ3) is 7.26. The second kappa shape index (κ2) is 10.9. The Morgan fingerprint density at radius 3 is 2.44 bits per heavy atom. The van der Waals surface area contributed by atoms with E-state index < -0.39 is 0 Å². The highest BCUT2D eigenvalue weighted by Crippen LogP contribution is 2.14. The van der Waals surface area contributed by atoms with E-state index in [1.54, 1.807) is 0 Å². The smallest absolute Gasteiger partial charge is 0.228 e. The van der Waals surface area contributed by atoms with Crippen molar-refractivity contribution in [2.24, 2.45) is 11.7 Å². The SMILES string of the molecule is CC(N)C(C)C(=O)Nc1cccc(COCCc2ccccc2)c1.Cl. The fourth-order valence-corrected chi connectivity index (χ4v) is 2.26. The van der Waals surface area contributed by atoms with Gasteiger partial charge < -0.3 is 15.8 Å². The van der Waals surface area contributed by atoms with Crippen LogP contribution >= 0.6 is 12.4 Å². The van der Waals surface area contributed by atoms with Crippen LogP contribution in [0.15, 0.2) is 54.6 Å². The molecule has 2 aromatic carbocycles. The second-order valence-electron chi connectivity index (χ2n) is 6.13. The number of halogens is 1. The predicted octanol–water partition coefficient (Wildman–Crippen LogP) is 3.79. The molecule has 2 unspecified atom stereocenters. The van der Waals surface area contributed by atoms with Gasteiger partial charge in [-0.05, 0) is 36.6 Å². The minimum Gasteiger partial charge on any atom is -0.376 e. The number of hydrogen-bond acceptors (Lipinski definition) is 3. The Morgan fingerprint density at radius 1 is 1.08 bits per heavy atom. The zero-order valence-corrected chi connectivity index (χ0v) is 15.6. The normalized spacial score (nSPS) is 12.8. The maximum absolute atomic E-state index is 12.1. The van der Waals surface area contributed by atoms with Gasteiger partial charge in [0.15, 0.2) is 0 Å². The fraction of sp³-hybridized carbons (Fsp3) is 0.350. The fourth-order valence-electron chi connectivity index (χ4n) is 2.26. The minimum absolute atomic E-state index is 0. The Hall–Kier alpha value is -1.88. The third-order valence-corrected chi connectivity index (χ3v) is 4.04. The molecule has 0 saturated heterocycles. The summed E-state index contributed by atoms with van der Waals surface area (Å²) in [6.07, 6.45) is 0.892. The molecule has 136 valence electrons. The van der Waals surface area contributed by atoms with Crippen molar-refractivity contribution in [1.29, 1.82) is 0 Å². The van der Waals surface area contributed by atoms with Gasteiger partial charge in [-0.2, -0.15) is 0 Å². The number of hydrogen-bond donors (Lipinski definition) is 2. The molecule has 0 heterocycles. The molecule has 0 saturated carbocycles. The van der Waals surface area contributed by atoms with Gasteiger partial charge >= 0.3 is 0 Å². The van der Waals surface area contributed by atoms with Gasteiger partial charge in [0, 0.05) is 11.7 Å². The van der Waals surface area contributed by atoms with Gasteiger partial charge in [-0.25, -0.2) is 0 Å². The Morgan fingerprint density at radius 2 is 1.76 bits per heavy atom. The second-order valence-corrected chi connectivity index (χ2v) is 6.13. The summed E-state index contributed by atoms with van der Waals surface area (Å²) >= 11 is 0. The Kier molecular flexibility index (Phi) is 9.21. The highest BCUT2D eigenvalue weighted by molar-refractivity contribution is 5.92. The lowest BCUT2D eigenvalue weighted by Gasteiger charge is -2.15. The molecule has 2 rings (SSSR count). The summed E-state index contributed by atoms with van der Waals surface area (Å²) in [5.41, 5.74) is 8.85. The maximum atomic E-state index is 12.1. The van der Waals surface area contributed by atoms with Crippen molar-refractivity contribution in [3.05, 3.63) is 65.7 Å². The van der Waals surface area contributed by atoms with Crippen molar-refractivity contribution in [3.63, 3.8) is 0 Å². The number of rotatable bonds is 8. The van der Waals surface area contributed by atoms with Crippen LogP contribution in [0.3, 0.4) is 0 Å². The molecule has 0 radical (unpaired) electrons. The average molecular weight is 363 g/mol. The number of carbonyl (C=O) groups is 1. The lowest BCUT2D eigenvalue weighted by atomic mass is 10.0. The Labute approximate surface area is 156 Å². The Bertz CT molecular complexity index is 647. The Balaban J connectivity index is 0.00000312. The molecule has 0 fully saturated rings. The third-order valence-electron chi connectivity index (χ3n) is 4.04. The van der Waals surface area contributed by atoms with Crippen LogP contribution in [0.5, 0.6) is 0 Å². The van der Waals surface area contributed by atoms with Crippen LogP contribution in [0.2, 0.25) is 0 Å². The van der Waals surface area contributed by atoms with Crippen LogP contribution in [0.1, 0.15) is 25.0 Å². The summed E-state index contributed by atoms with van der Waals surface area (Å²) in [5.74, 6) is -0.289. The van der Waals surface area contributed by atoms with E-state index in [9.17, 15) is 4.79 Å². The molecule has 0 aromatic heterocycles. The van der Waals surface area contributed by atoms with E-state index in [-0.39, 0.29) is 30.3 Å². The van der Waals surface area contributed by atoms with Crippen molar-refractivity contribution in [2.45, 2.75) is 32.9 Å². The molecule has 0 aliphatic rings. The van der Waals surface area contributed by atoms with Crippen molar-refractivity contribution in [1.82, 2.24) is 0 Å². The van der Waals surface area contributed by atoms with Crippen molar-refractivity contribution in [2.75, 3.05) is 11.9 Å². The molecule has 5 heteroatoms. The summed E-state index contributed by atoms with van der Waals surface area (Å²) < 4.78 is 5.74. The molecule has 2 atom stereocenters. The molecular formula is C20H27ClN2O2. The summed E-state index contributed by atoms with van der Waals surface area (Å²) in [6, 6.07) is 17.8. The van der Waals surface area contributed by atoms with Gasteiger partial charge in [0.1, 0.15) is 0 Å². The van der Waals surface area contributed by atoms with E-state index in [0.717, 1.165) is 17.7 Å². The van der Waals surface area contributed by atoms with Gasteiger partial charge in [0.25, 0.3) is 0 Å². The molecule has 4 nitrogen and oxygen atoms in total. The van der Waals surface area contributed by atoms with Crippen LogP contribution in [-0.4, -0.2) is 18.6 Å². The standard InChI is InChI=1S/C20H26N2O2.ClH/c1-15(16(2)21)20(23)22-19-10-6-9-18(13-19)14-24-12-11-17-7-4-3-5-8-17;/h3-10,13,15-16H,11-12,14,21H2,1-2H3,(H,22,23);1H. The zero-order chi connectivity index (χ0) is 17.4. The molecule has 25 heavy (non-hydrogen) atoms. The van der Waals surface area contributed by atoms with Gasteiger partial charge in [-0.15, -0.1) is 12.4 Å². The average Bonchev–Trinajstić information content (AvgIpc) is 2.59. The van der Waals surface area contributed by atoms with Crippen LogP contribution in [0.25, 0.3) is 0 Å². The van der Waals surface area contributed by atoms with E-state index in [4.69, 9.17) is 10.5 Å². The van der Waals surface area contributed by atoms with Crippen molar-refractivity contribution >= 4 is 24.0 Å². The minimum atomic E-state index is -0.226. The van der Waals surface area contributed by atoms with Crippen molar-refractivity contribution < 1.29 is 9.53 Å². The van der Waals surface area contributed by atoms with E-state index in [0.29, 0.717) is 13.2 Å². The predicted molar refractivity (Wildman–Crippen MR) is 105 cm³/mol. The molecule has 2 aromatic rings. The summed E-state index contributed by atoms with van der Waals surface area (Å²) in [4.78, 5) is 12.1. The van der Waals surface area contributed by atoms with Gasteiger partial charge in [0.05, 0.1) is 19.1 Å². The van der Waals surface area contributed by atoms with E-state index in [2.05, 4.69) is 17.4 Å². The first-order valence-corrected chi connectivity index (χ1v) is 8.33. The largest absolute Gasteiger partial charge is 0.376 e. The number of nitrogens with two attached hydrogens (primary N) is 1. The quantitative estimate of drug-likeness (QED) is 0.702. The molecule has 0 aliphatic heterocycles. The molecule has 0 spiro atoms. The van der Waals surface area contributed by atoms with Crippen LogP contribution in [0.4, 0.5) is 5.69 Å². The molecule has 3 N–H and O–H groups in total. The van der Waals surface area contributed by atoms with Crippen LogP contribution in [0, 0.1) is 5.92 Å².